The number of carbonyl (C=O) groups is 1. The third kappa shape index (κ3) is 5.97. The first kappa shape index (κ1) is 17.2. The van der Waals surface area contributed by atoms with E-state index in [-0.39, 0.29) is 11.4 Å². The number of carbonyl (C=O) groups excluding carboxylic acids is 1. The Kier molecular flexibility index (Phi) is 6.39. The van der Waals surface area contributed by atoms with Gasteiger partial charge in [0.25, 0.3) is 0 Å². The van der Waals surface area contributed by atoms with E-state index < -0.39 is 0 Å². The second-order valence-corrected chi connectivity index (χ2v) is 6.02. The fraction of sp³-hybridized carbons (Fsp3) is 0.667. The van der Waals surface area contributed by atoms with Crippen molar-refractivity contribution in [1.29, 1.82) is 0 Å². The van der Waals surface area contributed by atoms with E-state index in [0.717, 1.165) is 30.0 Å². The molecular weight excluding hydrogens is 266 g/mol. The van der Waals surface area contributed by atoms with Crippen molar-refractivity contribution in [2.24, 2.45) is 0 Å². The summed E-state index contributed by atoms with van der Waals surface area (Å²) in [5.74, 6) is 1.68. The molecule has 1 amide bonds. The van der Waals surface area contributed by atoms with E-state index in [1.165, 1.54) is 6.33 Å². The topological polar surface area (TPSA) is 78.9 Å². The predicted molar refractivity (Wildman–Crippen MR) is 86.6 cm³/mol. The van der Waals surface area contributed by atoms with Crippen molar-refractivity contribution in [1.82, 2.24) is 15.3 Å². The van der Waals surface area contributed by atoms with Gasteiger partial charge in [-0.15, -0.1) is 0 Å². The van der Waals surface area contributed by atoms with Crippen molar-refractivity contribution in [3.63, 3.8) is 0 Å². The van der Waals surface area contributed by atoms with Gasteiger partial charge in [-0.2, -0.15) is 0 Å². The second kappa shape index (κ2) is 7.81. The maximum absolute atomic E-state index is 11.8. The van der Waals surface area contributed by atoms with E-state index in [4.69, 9.17) is 0 Å². The van der Waals surface area contributed by atoms with Gasteiger partial charge in [0.15, 0.2) is 0 Å². The molecule has 118 valence electrons. The van der Waals surface area contributed by atoms with E-state index >= 15 is 0 Å². The Bertz CT molecular complexity index is 468. The molecule has 1 heterocycles. The molecule has 0 unspecified atom stereocenters. The molecule has 0 aliphatic heterocycles. The summed E-state index contributed by atoms with van der Waals surface area (Å²) in [4.78, 5) is 20.3. The van der Waals surface area contributed by atoms with Gasteiger partial charge in [0.05, 0.1) is 0 Å². The van der Waals surface area contributed by atoms with Crippen LogP contribution in [0.15, 0.2) is 6.33 Å². The Labute approximate surface area is 127 Å². The van der Waals surface area contributed by atoms with Gasteiger partial charge in [-0.25, -0.2) is 9.97 Å². The lowest BCUT2D eigenvalue weighted by molar-refractivity contribution is -0.122. The standard InChI is InChI=1S/C15H27N5O/c1-6-7-11-13(16-5)18-10-19-14(11)17-9-8-12(21)20-15(2,3)4/h10H,6-9H2,1-5H3,(H,20,21)(H2,16,17,18,19). The monoisotopic (exact) mass is 293 g/mol. The molecule has 0 aliphatic carbocycles. The molecule has 3 N–H and O–H groups in total. The van der Waals surface area contributed by atoms with Crippen LogP contribution in [0.5, 0.6) is 0 Å². The van der Waals surface area contributed by atoms with Crippen LogP contribution >= 0.6 is 0 Å². The summed E-state index contributed by atoms with van der Waals surface area (Å²) in [7, 11) is 1.85. The van der Waals surface area contributed by atoms with Gasteiger partial charge in [-0.05, 0) is 27.2 Å². The minimum absolute atomic E-state index is 0.0370. The first-order valence-electron chi connectivity index (χ1n) is 7.44. The molecule has 0 atom stereocenters. The third-order valence-corrected chi connectivity index (χ3v) is 2.84. The second-order valence-electron chi connectivity index (χ2n) is 6.02. The van der Waals surface area contributed by atoms with Crippen LogP contribution in [0.25, 0.3) is 0 Å². The summed E-state index contributed by atoms with van der Waals surface area (Å²) in [6.07, 6.45) is 3.86. The van der Waals surface area contributed by atoms with Crippen molar-refractivity contribution >= 4 is 17.5 Å². The molecule has 1 aromatic rings. The molecule has 21 heavy (non-hydrogen) atoms. The average molecular weight is 293 g/mol. The van der Waals surface area contributed by atoms with Gasteiger partial charge in [0.2, 0.25) is 5.91 Å². The van der Waals surface area contributed by atoms with Gasteiger partial charge in [0.1, 0.15) is 18.0 Å². The number of hydrogen-bond acceptors (Lipinski definition) is 5. The number of aromatic nitrogens is 2. The SMILES string of the molecule is CCCc1c(NC)ncnc1NCCC(=O)NC(C)(C)C. The van der Waals surface area contributed by atoms with Crippen LogP contribution in [-0.2, 0) is 11.2 Å². The van der Waals surface area contributed by atoms with Crippen LogP contribution in [-0.4, -0.2) is 35.0 Å². The van der Waals surface area contributed by atoms with Crippen LogP contribution in [0.2, 0.25) is 0 Å². The maximum Gasteiger partial charge on any atom is 0.222 e. The minimum atomic E-state index is -0.196. The normalized spacial score (nSPS) is 11.1. The van der Waals surface area contributed by atoms with Crippen molar-refractivity contribution in [3.05, 3.63) is 11.9 Å². The largest absolute Gasteiger partial charge is 0.373 e. The van der Waals surface area contributed by atoms with E-state index in [1.807, 2.05) is 27.8 Å². The minimum Gasteiger partial charge on any atom is -0.373 e. The lowest BCUT2D eigenvalue weighted by Crippen LogP contribution is -2.41. The first-order valence-corrected chi connectivity index (χ1v) is 7.44. The van der Waals surface area contributed by atoms with Crippen molar-refractivity contribution in [2.45, 2.75) is 52.5 Å². The van der Waals surface area contributed by atoms with Crippen molar-refractivity contribution < 1.29 is 4.79 Å². The number of amides is 1. The van der Waals surface area contributed by atoms with Crippen molar-refractivity contribution in [3.8, 4) is 0 Å². The molecule has 6 heteroatoms. The van der Waals surface area contributed by atoms with Crippen LogP contribution in [0.3, 0.4) is 0 Å². The Balaban J connectivity index is 2.61. The number of hydrogen-bond donors (Lipinski definition) is 3. The van der Waals surface area contributed by atoms with E-state index in [1.54, 1.807) is 0 Å². The summed E-state index contributed by atoms with van der Waals surface area (Å²) in [6.45, 7) is 8.59. The Morgan fingerprint density at radius 1 is 1.24 bits per heavy atom. The van der Waals surface area contributed by atoms with Gasteiger partial charge < -0.3 is 16.0 Å². The molecule has 0 fully saturated rings. The lowest BCUT2D eigenvalue weighted by atomic mass is 10.1. The molecule has 0 saturated carbocycles. The van der Waals surface area contributed by atoms with Crippen LogP contribution < -0.4 is 16.0 Å². The first-order chi connectivity index (χ1) is 9.87. The highest BCUT2D eigenvalue weighted by atomic mass is 16.1. The third-order valence-electron chi connectivity index (χ3n) is 2.84. The average Bonchev–Trinajstić information content (AvgIpc) is 2.38. The Hall–Kier alpha value is -1.85. The molecule has 0 radical (unpaired) electrons. The summed E-state index contributed by atoms with van der Waals surface area (Å²) in [5.41, 5.74) is 0.873. The molecule has 0 aliphatic rings. The molecule has 6 nitrogen and oxygen atoms in total. The summed E-state index contributed by atoms with van der Waals surface area (Å²) in [5, 5.41) is 9.26. The zero-order chi connectivity index (χ0) is 15.9. The molecule has 1 aromatic heterocycles. The Morgan fingerprint density at radius 3 is 2.48 bits per heavy atom. The molecule has 0 bridgehead atoms. The number of nitrogens with zero attached hydrogens (tertiary/aromatic N) is 2. The zero-order valence-corrected chi connectivity index (χ0v) is 13.7. The van der Waals surface area contributed by atoms with E-state index in [9.17, 15) is 4.79 Å². The molecule has 0 aromatic carbocycles. The Morgan fingerprint density at radius 2 is 1.90 bits per heavy atom. The molecule has 0 spiro atoms. The number of nitrogens with one attached hydrogen (secondary N) is 3. The van der Waals surface area contributed by atoms with Crippen molar-refractivity contribution in [2.75, 3.05) is 24.2 Å². The van der Waals surface area contributed by atoms with E-state index in [2.05, 4.69) is 32.8 Å². The molecule has 0 saturated heterocycles. The maximum atomic E-state index is 11.8. The van der Waals surface area contributed by atoms with Crippen LogP contribution in [0, 0.1) is 0 Å². The summed E-state index contributed by atoms with van der Waals surface area (Å²) < 4.78 is 0. The van der Waals surface area contributed by atoms with Crippen LogP contribution in [0.4, 0.5) is 11.6 Å². The highest BCUT2D eigenvalue weighted by Crippen LogP contribution is 2.21. The smallest absolute Gasteiger partial charge is 0.222 e. The highest BCUT2D eigenvalue weighted by molar-refractivity contribution is 5.77. The number of rotatable bonds is 7. The van der Waals surface area contributed by atoms with Gasteiger partial charge in [0, 0.05) is 31.1 Å². The fourth-order valence-electron chi connectivity index (χ4n) is 2.04. The van der Waals surface area contributed by atoms with Crippen LogP contribution in [0.1, 0.15) is 46.1 Å². The molecule has 1 rings (SSSR count). The number of anilines is 2. The highest BCUT2D eigenvalue weighted by Gasteiger charge is 2.14. The van der Waals surface area contributed by atoms with Gasteiger partial charge in [-0.1, -0.05) is 13.3 Å². The van der Waals surface area contributed by atoms with Gasteiger partial charge in [-0.3, -0.25) is 4.79 Å². The molecular formula is C15H27N5O. The summed E-state index contributed by atoms with van der Waals surface area (Å²) >= 11 is 0. The van der Waals surface area contributed by atoms with Gasteiger partial charge >= 0.3 is 0 Å². The predicted octanol–water partition coefficient (Wildman–Crippen LogP) is 2.19. The quantitative estimate of drug-likeness (QED) is 0.718. The zero-order valence-electron chi connectivity index (χ0n) is 13.7. The van der Waals surface area contributed by atoms with E-state index in [0.29, 0.717) is 13.0 Å². The fourth-order valence-corrected chi connectivity index (χ4v) is 2.04. The summed E-state index contributed by atoms with van der Waals surface area (Å²) in [6, 6.07) is 0. The lowest BCUT2D eigenvalue weighted by Gasteiger charge is -2.20.